The molecule has 2 aromatic rings. The highest BCUT2D eigenvalue weighted by Crippen LogP contribution is 2.01. The van der Waals surface area contributed by atoms with Crippen LogP contribution in [0.2, 0.25) is 0 Å². The van der Waals surface area contributed by atoms with Gasteiger partial charge in [0.1, 0.15) is 5.82 Å². The van der Waals surface area contributed by atoms with Gasteiger partial charge in [0.15, 0.2) is 5.96 Å². The van der Waals surface area contributed by atoms with E-state index >= 15 is 0 Å². The summed E-state index contributed by atoms with van der Waals surface area (Å²) < 4.78 is 4.23. The second-order valence-corrected chi connectivity index (χ2v) is 5.68. The minimum absolute atomic E-state index is 0. The average molecular weight is 444 g/mol. The summed E-state index contributed by atoms with van der Waals surface area (Å²) in [4.78, 5) is 8.86. The van der Waals surface area contributed by atoms with Crippen molar-refractivity contribution in [2.24, 2.45) is 12.0 Å². The fourth-order valence-corrected chi connectivity index (χ4v) is 2.42. The third-order valence-corrected chi connectivity index (χ3v) is 3.70. The van der Waals surface area contributed by atoms with Crippen molar-refractivity contribution in [3.8, 4) is 0 Å². The Bertz CT molecular complexity index is 616. The van der Waals surface area contributed by atoms with Crippen LogP contribution in [0.3, 0.4) is 0 Å². The van der Waals surface area contributed by atoms with Gasteiger partial charge in [-0.25, -0.2) is 9.98 Å². The summed E-state index contributed by atoms with van der Waals surface area (Å²) in [5, 5.41) is 6.69. The maximum Gasteiger partial charge on any atom is 0.191 e. The van der Waals surface area contributed by atoms with Crippen molar-refractivity contribution < 1.29 is 0 Å². The van der Waals surface area contributed by atoms with Gasteiger partial charge in [0.05, 0.1) is 6.54 Å². The van der Waals surface area contributed by atoms with Crippen molar-refractivity contribution >= 4 is 29.9 Å². The molecule has 2 N–H and O–H groups in total. The van der Waals surface area contributed by atoms with E-state index in [4.69, 9.17) is 0 Å². The number of aromatic nitrogens is 3. The number of hydrogen-bond acceptors (Lipinski definition) is 2. The van der Waals surface area contributed by atoms with Gasteiger partial charge < -0.3 is 19.8 Å². The Balaban J connectivity index is 0.00000288. The Hall–Kier alpha value is -1.51. The second kappa shape index (κ2) is 11.1. The van der Waals surface area contributed by atoms with Crippen LogP contribution in [0.4, 0.5) is 0 Å². The van der Waals surface area contributed by atoms with Gasteiger partial charge in [0.2, 0.25) is 0 Å². The third kappa shape index (κ3) is 6.94. The van der Waals surface area contributed by atoms with E-state index in [1.54, 1.807) is 0 Å². The van der Waals surface area contributed by atoms with Gasteiger partial charge in [0, 0.05) is 51.5 Å². The first-order valence-corrected chi connectivity index (χ1v) is 8.30. The number of rotatable bonds is 8. The molecule has 0 radical (unpaired) electrons. The molecule has 0 saturated carbocycles. The molecule has 0 aromatic carbocycles. The fraction of sp³-hybridized carbons (Fsp3) is 0.529. The lowest BCUT2D eigenvalue weighted by Gasteiger charge is -2.11. The zero-order valence-corrected chi connectivity index (χ0v) is 17.2. The summed E-state index contributed by atoms with van der Waals surface area (Å²) in [6.07, 6.45) is 10.3. The van der Waals surface area contributed by atoms with Crippen LogP contribution in [0.15, 0.2) is 35.8 Å². The quantitative estimate of drug-likeness (QED) is 0.285. The van der Waals surface area contributed by atoms with Crippen molar-refractivity contribution in [3.05, 3.63) is 42.2 Å². The Morgan fingerprint density at radius 3 is 2.71 bits per heavy atom. The summed E-state index contributed by atoms with van der Waals surface area (Å²) >= 11 is 0. The molecule has 0 aliphatic rings. The topological polar surface area (TPSA) is 59.2 Å². The van der Waals surface area contributed by atoms with E-state index in [1.807, 2.05) is 37.1 Å². The van der Waals surface area contributed by atoms with Gasteiger partial charge >= 0.3 is 0 Å². The minimum Gasteiger partial charge on any atom is -0.357 e. The lowest BCUT2D eigenvalue weighted by Crippen LogP contribution is -2.37. The van der Waals surface area contributed by atoms with E-state index in [1.165, 1.54) is 5.56 Å². The van der Waals surface area contributed by atoms with Crippen molar-refractivity contribution in [2.45, 2.75) is 39.8 Å². The molecule has 0 saturated heterocycles. The standard InChI is InChI=1S/C17H28N6.HI/c1-4-18-17(21-13-16-7-11-22(3)14-16)20-8-5-6-10-23-12-9-19-15(23)2;/h7,9,11-12,14H,4-6,8,10,13H2,1-3H3,(H2,18,20,21);1H. The van der Waals surface area contributed by atoms with E-state index in [0.29, 0.717) is 6.54 Å². The summed E-state index contributed by atoms with van der Waals surface area (Å²) in [6, 6.07) is 2.10. The summed E-state index contributed by atoms with van der Waals surface area (Å²) in [7, 11) is 2.03. The summed E-state index contributed by atoms with van der Waals surface area (Å²) in [5.74, 6) is 1.96. The number of halogens is 1. The second-order valence-electron chi connectivity index (χ2n) is 5.68. The SMILES string of the molecule is CCNC(=NCc1ccn(C)c1)NCCCCn1ccnc1C.I. The molecule has 6 nitrogen and oxygen atoms in total. The van der Waals surface area contributed by atoms with E-state index < -0.39 is 0 Å². The minimum atomic E-state index is 0. The van der Waals surface area contributed by atoms with E-state index in [-0.39, 0.29) is 24.0 Å². The van der Waals surface area contributed by atoms with Crippen molar-refractivity contribution in [3.63, 3.8) is 0 Å². The predicted octanol–water partition coefficient (Wildman–Crippen LogP) is 2.68. The van der Waals surface area contributed by atoms with Crippen LogP contribution in [0.1, 0.15) is 31.2 Å². The molecule has 0 spiro atoms. The number of aryl methyl sites for hydroxylation is 3. The van der Waals surface area contributed by atoms with Crippen LogP contribution in [0.25, 0.3) is 0 Å². The van der Waals surface area contributed by atoms with Crippen molar-refractivity contribution in [2.75, 3.05) is 13.1 Å². The summed E-state index contributed by atoms with van der Waals surface area (Å²) in [5.41, 5.74) is 1.22. The number of aliphatic imine (C=N–C) groups is 1. The Morgan fingerprint density at radius 2 is 2.08 bits per heavy atom. The lowest BCUT2D eigenvalue weighted by atomic mass is 10.3. The van der Waals surface area contributed by atoms with Crippen LogP contribution in [-0.2, 0) is 20.1 Å². The highest BCUT2D eigenvalue weighted by Gasteiger charge is 1.99. The molecular formula is C17H29IN6. The average Bonchev–Trinajstić information content (AvgIpc) is 3.13. The summed E-state index contributed by atoms with van der Waals surface area (Å²) in [6.45, 7) is 7.64. The number of hydrogen-bond donors (Lipinski definition) is 2. The van der Waals surface area contributed by atoms with Crippen LogP contribution in [-0.4, -0.2) is 33.2 Å². The first-order chi connectivity index (χ1) is 11.2. The van der Waals surface area contributed by atoms with Crippen LogP contribution >= 0.6 is 24.0 Å². The number of unbranched alkanes of at least 4 members (excludes halogenated alkanes) is 1. The van der Waals surface area contributed by atoms with Crippen LogP contribution < -0.4 is 10.6 Å². The molecule has 0 amide bonds. The van der Waals surface area contributed by atoms with Crippen molar-refractivity contribution in [1.82, 2.24) is 24.8 Å². The number of guanidine groups is 1. The Morgan fingerprint density at radius 1 is 1.25 bits per heavy atom. The fourth-order valence-electron chi connectivity index (χ4n) is 2.42. The monoisotopic (exact) mass is 444 g/mol. The first kappa shape index (κ1) is 20.5. The maximum absolute atomic E-state index is 4.62. The number of nitrogens with zero attached hydrogens (tertiary/aromatic N) is 4. The van der Waals surface area contributed by atoms with Gasteiger partial charge in [-0.3, -0.25) is 0 Å². The largest absolute Gasteiger partial charge is 0.357 e. The molecule has 0 unspecified atom stereocenters. The third-order valence-electron chi connectivity index (χ3n) is 3.70. The van der Waals surface area contributed by atoms with E-state index in [2.05, 4.69) is 44.4 Å². The van der Waals surface area contributed by atoms with Gasteiger partial charge in [-0.15, -0.1) is 24.0 Å². The molecule has 0 fully saturated rings. The highest BCUT2D eigenvalue weighted by molar-refractivity contribution is 14.0. The molecular weight excluding hydrogens is 415 g/mol. The number of imidazole rings is 1. The molecule has 0 bridgehead atoms. The first-order valence-electron chi connectivity index (χ1n) is 8.30. The van der Waals surface area contributed by atoms with Gasteiger partial charge in [-0.1, -0.05) is 0 Å². The van der Waals surface area contributed by atoms with E-state index in [0.717, 1.165) is 44.3 Å². The molecule has 7 heteroatoms. The normalized spacial score (nSPS) is 11.2. The molecule has 2 aromatic heterocycles. The van der Waals surface area contributed by atoms with Gasteiger partial charge in [-0.05, 0) is 38.3 Å². The molecule has 2 rings (SSSR count). The molecule has 0 aliphatic heterocycles. The molecule has 0 atom stereocenters. The number of nitrogens with one attached hydrogen (secondary N) is 2. The molecule has 0 aliphatic carbocycles. The van der Waals surface area contributed by atoms with Crippen LogP contribution in [0.5, 0.6) is 0 Å². The van der Waals surface area contributed by atoms with Gasteiger partial charge in [0.25, 0.3) is 0 Å². The molecule has 134 valence electrons. The van der Waals surface area contributed by atoms with E-state index in [9.17, 15) is 0 Å². The Labute approximate surface area is 161 Å². The van der Waals surface area contributed by atoms with Crippen molar-refractivity contribution in [1.29, 1.82) is 0 Å². The zero-order chi connectivity index (χ0) is 16.5. The molecule has 2 heterocycles. The smallest absolute Gasteiger partial charge is 0.191 e. The Kier molecular flexibility index (Phi) is 9.51. The van der Waals surface area contributed by atoms with Crippen LogP contribution in [0, 0.1) is 6.92 Å². The zero-order valence-electron chi connectivity index (χ0n) is 14.8. The van der Waals surface area contributed by atoms with Gasteiger partial charge in [-0.2, -0.15) is 0 Å². The highest BCUT2D eigenvalue weighted by atomic mass is 127. The molecule has 24 heavy (non-hydrogen) atoms. The lowest BCUT2D eigenvalue weighted by molar-refractivity contribution is 0.588. The predicted molar refractivity (Wildman–Crippen MR) is 110 cm³/mol. The maximum atomic E-state index is 4.62.